The van der Waals surface area contributed by atoms with Crippen molar-refractivity contribution in [2.45, 2.75) is 0 Å². The molecule has 40 valence electrons. The average Bonchev–Trinajstić information content (AvgIpc) is 0.811. The molecule has 0 unspecified atom stereocenters. The zero-order chi connectivity index (χ0) is 3.58. The first-order valence-electron chi connectivity index (χ1n) is 0.583. The topological polar surface area (TPSA) is 89.0 Å². The first kappa shape index (κ1) is 16.1. The molecule has 0 rings (SSSR count). The van der Waals surface area contributed by atoms with Crippen LogP contribution in [0.5, 0.6) is 0 Å². The largest absolute Gasteiger partial charge is 0.692 e. The standard InChI is InChI=1S/Fe.HO3P.H2O/c;1-4(2)3;/h;(H-,1,2,3);1H2/p+1. The number of hydrogen-bond donors (Lipinski definition) is 2. The maximum atomic E-state index is 8.70. The monoisotopic (exact) mass is 155 g/mol. The molecule has 0 aromatic carbocycles. The fraction of sp³-hybridized carbons (Fsp3) is 0. The van der Waals surface area contributed by atoms with Gasteiger partial charge in [-0.25, -0.2) is 0 Å². The van der Waals surface area contributed by atoms with Crippen molar-refractivity contribution in [3.05, 3.63) is 0 Å². The van der Waals surface area contributed by atoms with Crippen LogP contribution < -0.4 is 0 Å². The molecule has 0 saturated heterocycles. The summed E-state index contributed by atoms with van der Waals surface area (Å²) in [4.78, 5) is 14.2. The molecule has 0 bridgehead atoms. The molecule has 0 fully saturated rings. The molecule has 0 aliphatic carbocycles. The van der Waals surface area contributed by atoms with Gasteiger partial charge in [-0.1, -0.05) is 0 Å². The molecule has 0 heterocycles. The van der Waals surface area contributed by atoms with E-state index in [4.69, 9.17) is 14.4 Å². The summed E-state index contributed by atoms with van der Waals surface area (Å²) >= 11 is 0. The minimum absolute atomic E-state index is 0. The van der Waals surface area contributed by atoms with Crippen molar-refractivity contribution in [3.8, 4) is 0 Å². The summed E-state index contributed by atoms with van der Waals surface area (Å²) in [5.74, 6) is 0. The Morgan fingerprint density at radius 2 is 1.33 bits per heavy atom. The fourth-order valence-corrected chi connectivity index (χ4v) is 0. The van der Waals surface area contributed by atoms with Crippen molar-refractivity contribution in [1.82, 2.24) is 0 Å². The molecule has 6 heavy (non-hydrogen) atoms. The third-order valence-corrected chi connectivity index (χ3v) is 0. The number of hydrogen-bond acceptors (Lipinski definition) is 1. The third-order valence-electron chi connectivity index (χ3n) is 0. The maximum Gasteiger partial charge on any atom is 0.692 e. The minimum atomic E-state index is -2.87. The summed E-state index contributed by atoms with van der Waals surface area (Å²) in [6, 6.07) is 0. The van der Waals surface area contributed by atoms with Gasteiger partial charge in [0.25, 0.3) is 0 Å². The van der Waals surface area contributed by atoms with E-state index in [0.29, 0.717) is 0 Å². The van der Waals surface area contributed by atoms with Crippen molar-refractivity contribution >= 4 is 8.25 Å². The summed E-state index contributed by atoms with van der Waals surface area (Å²) in [5, 5.41) is 0. The van der Waals surface area contributed by atoms with Crippen molar-refractivity contribution in [1.29, 1.82) is 0 Å². The summed E-state index contributed by atoms with van der Waals surface area (Å²) in [6.07, 6.45) is 0. The Kier molecular flexibility index (Phi) is 24.3. The van der Waals surface area contributed by atoms with Crippen LogP contribution in [-0.4, -0.2) is 15.3 Å². The Hall–Kier alpha value is 0.499. The van der Waals surface area contributed by atoms with E-state index in [9.17, 15) is 0 Å². The van der Waals surface area contributed by atoms with Crippen LogP contribution in [-0.2, 0) is 21.6 Å². The quantitative estimate of drug-likeness (QED) is 0.340. The second-order valence-electron chi connectivity index (χ2n) is 0.253. The molecule has 0 aromatic rings. The van der Waals surface area contributed by atoms with E-state index in [1.165, 1.54) is 0 Å². The van der Waals surface area contributed by atoms with Crippen LogP contribution in [0.3, 0.4) is 0 Å². The molecular formula is H4FeO4P+. The van der Waals surface area contributed by atoms with E-state index in [2.05, 4.69) is 0 Å². The van der Waals surface area contributed by atoms with E-state index in [1.807, 2.05) is 0 Å². The van der Waals surface area contributed by atoms with Gasteiger partial charge in [-0.05, 0) is 0 Å². The van der Waals surface area contributed by atoms with Gasteiger partial charge in [0, 0.05) is 21.6 Å². The summed E-state index contributed by atoms with van der Waals surface area (Å²) in [7, 11) is -2.87. The van der Waals surface area contributed by atoms with Crippen LogP contribution in [0.15, 0.2) is 0 Å². The first-order chi connectivity index (χ1) is 1.73. The zero-order valence-corrected chi connectivity index (χ0v) is 4.60. The van der Waals surface area contributed by atoms with E-state index >= 15 is 0 Å². The molecular weight excluding hydrogens is 151 g/mol. The Balaban J connectivity index is -0.0000000450. The van der Waals surface area contributed by atoms with Gasteiger partial charge in [-0.15, -0.1) is 9.79 Å². The molecule has 0 aliphatic heterocycles. The van der Waals surface area contributed by atoms with Crippen LogP contribution in [0.25, 0.3) is 0 Å². The first-order valence-corrected chi connectivity index (χ1v) is 1.75. The zero-order valence-electron chi connectivity index (χ0n) is 2.60. The molecule has 0 atom stereocenters. The van der Waals surface area contributed by atoms with Crippen LogP contribution in [0, 0.1) is 0 Å². The average molecular weight is 155 g/mol. The van der Waals surface area contributed by atoms with E-state index in [-0.39, 0.29) is 22.5 Å². The predicted octanol–water partition coefficient (Wildman–Crippen LogP) is -1.20. The molecule has 4 N–H and O–H groups in total. The molecule has 0 aliphatic rings. The second-order valence-corrected chi connectivity index (χ2v) is 0.758. The van der Waals surface area contributed by atoms with E-state index in [1.54, 1.807) is 0 Å². The Morgan fingerprint density at radius 3 is 1.33 bits per heavy atom. The molecule has 6 heteroatoms. The van der Waals surface area contributed by atoms with Crippen LogP contribution in [0.4, 0.5) is 0 Å². The number of rotatable bonds is 0. The SMILES string of the molecule is O.O=[P+](O)O.[Fe]. The molecule has 0 aromatic heterocycles. The minimum Gasteiger partial charge on any atom is -0.412 e. The predicted molar refractivity (Wildman–Crippen MR) is 15.7 cm³/mol. The van der Waals surface area contributed by atoms with Crippen LogP contribution in [0.1, 0.15) is 0 Å². The van der Waals surface area contributed by atoms with Crippen molar-refractivity contribution < 1.29 is 36.9 Å². The van der Waals surface area contributed by atoms with Crippen molar-refractivity contribution in [2.75, 3.05) is 0 Å². The molecule has 0 amide bonds. The molecule has 0 spiro atoms. The Morgan fingerprint density at radius 1 is 1.33 bits per heavy atom. The third kappa shape index (κ3) is 221. The van der Waals surface area contributed by atoms with Gasteiger partial charge < -0.3 is 5.48 Å². The van der Waals surface area contributed by atoms with Gasteiger partial charge in [0.15, 0.2) is 0 Å². The molecule has 0 saturated carbocycles. The van der Waals surface area contributed by atoms with Crippen molar-refractivity contribution in [3.63, 3.8) is 0 Å². The Bertz CT molecular complexity index is 30.5. The van der Waals surface area contributed by atoms with Gasteiger partial charge in [-0.2, -0.15) is 0 Å². The fourth-order valence-electron chi connectivity index (χ4n) is 0. The molecule has 0 radical (unpaired) electrons. The summed E-state index contributed by atoms with van der Waals surface area (Å²) in [6.45, 7) is 0. The van der Waals surface area contributed by atoms with E-state index < -0.39 is 8.25 Å². The summed E-state index contributed by atoms with van der Waals surface area (Å²) < 4.78 is 8.70. The summed E-state index contributed by atoms with van der Waals surface area (Å²) in [5.41, 5.74) is 0. The smallest absolute Gasteiger partial charge is 0.412 e. The molecule has 4 nitrogen and oxygen atoms in total. The van der Waals surface area contributed by atoms with Crippen LogP contribution >= 0.6 is 8.25 Å². The van der Waals surface area contributed by atoms with Gasteiger partial charge in [-0.3, -0.25) is 0 Å². The second kappa shape index (κ2) is 9.09. The van der Waals surface area contributed by atoms with Gasteiger partial charge in [0.1, 0.15) is 0 Å². The Labute approximate surface area is 45.9 Å². The van der Waals surface area contributed by atoms with E-state index in [0.717, 1.165) is 0 Å². The maximum absolute atomic E-state index is 8.70. The van der Waals surface area contributed by atoms with Crippen molar-refractivity contribution in [2.24, 2.45) is 0 Å². The normalized spacial score (nSPS) is 4.33. The van der Waals surface area contributed by atoms with Gasteiger partial charge in [0.05, 0.1) is 0 Å². The van der Waals surface area contributed by atoms with Gasteiger partial charge >= 0.3 is 8.25 Å². The van der Waals surface area contributed by atoms with Gasteiger partial charge in [0.2, 0.25) is 0 Å². The van der Waals surface area contributed by atoms with Crippen LogP contribution in [0.2, 0.25) is 0 Å².